The lowest BCUT2D eigenvalue weighted by molar-refractivity contribution is 0.660. The third-order valence-electron chi connectivity index (χ3n) is 11.1. The summed E-state index contributed by atoms with van der Waals surface area (Å²) in [6, 6.07) is 69.1. The van der Waals surface area contributed by atoms with Crippen LogP contribution in [0.4, 0.5) is 17.1 Å². The second-order valence-electron chi connectivity index (χ2n) is 14.5. The van der Waals surface area contributed by atoms with E-state index in [1.165, 1.54) is 75.8 Å². The summed E-state index contributed by atoms with van der Waals surface area (Å²) in [6.07, 6.45) is 0. The minimum absolute atomic E-state index is 0.0763. The Hall–Kier alpha value is -6.22. The Morgan fingerprint density at radius 1 is 0.396 bits per heavy atom. The summed E-state index contributed by atoms with van der Waals surface area (Å²) in [5.74, 6) is 0. The van der Waals surface area contributed by atoms with Gasteiger partial charge in [-0.2, -0.15) is 0 Å². The van der Waals surface area contributed by atoms with Gasteiger partial charge in [-0.3, -0.25) is 0 Å². The van der Waals surface area contributed by atoms with Crippen molar-refractivity contribution in [2.75, 3.05) is 4.90 Å². The number of benzene rings is 8. The van der Waals surface area contributed by atoms with Gasteiger partial charge in [0.05, 0.1) is 5.69 Å². The van der Waals surface area contributed by atoms with Crippen LogP contribution in [0.25, 0.3) is 64.7 Å². The van der Waals surface area contributed by atoms with Gasteiger partial charge in [-0.05, 0) is 98.6 Å². The summed E-state index contributed by atoms with van der Waals surface area (Å²) in [6.45, 7) is 4.71. The van der Waals surface area contributed by atoms with Crippen LogP contribution in [0.15, 0.2) is 188 Å². The predicted octanol–water partition coefficient (Wildman–Crippen LogP) is 14.8. The Morgan fingerprint density at radius 3 is 1.87 bits per heavy atom. The fourth-order valence-corrected chi connectivity index (χ4v) is 9.55. The zero-order valence-corrected chi connectivity index (χ0v) is 30.6. The summed E-state index contributed by atoms with van der Waals surface area (Å²) in [5.41, 5.74) is 16.0. The first-order valence-corrected chi connectivity index (χ1v) is 19.2. The largest absolute Gasteiger partial charge is 0.310 e. The second kappa shape index (κ2) is 12.5. The van der Waals surface area contributed by atoms with E-state index in [9.17, 15) is 0 Å². The van der Waals surface area contributed by atoms with Crippen molar-refractivity contribution in [1.29, 1.82) is 0 Å². The van der Waals surface area contributed by atoms with Crippen LogP contribution in [0.5, 0.6) is 0 Å². The Kier molecular flexibility index (Phi) is 7.42. The zero-order chi connectivity index (χ0) is 35.5. The van der Waals surface area contributed by atoms with Gasteiger partial charge in [-0.15, -0.1) is 11.3 Å². The smallest absolute Gasteiger partial charge is 0.0540 e. The second-order valence-corrected chi connectivity index (χ2v) is 15.6. The van der Waals surface area contributed by atoms with E-state index < -0.39 is 0 Å². The van der Waals surface area contributed by atoms with Crippen molar-refractivity contribution in [3.05, 3.63) is 199 Å². The molecule has 1 heterocycles. The van der Waals surface area contributed by atoms with Crippen molar-refractivity contribution in [2.45, 2.75) is 19.3 Å². The Labute approximate surface area is 315 Å². The average Bonchev–Trinajstić information content (AvgIpc) is 3.70. The minimum Gasteiger partial charge on any atom is -0.310 e. The molecular formula is C51H37NS. The highest BCUT2D eigenvalue weighted by atomic mass is 32.1. The van der Waals surface area contributed by atoms with Crippen molar-refractivity contribution in [2.24, 2.45) is 0 Å². The van der Waals surface area contributed by atoms with Gasteiger partial charge in [-0.25, -0.2) is 0 Å². The lowest BCUT2D eigenvalue weighted by Gasteiger charge is -2.29. The Morgan fingerprint density at radius 2 is 1.00 bits per heavy atom. The van der Waals surface area contributed by atoms with Gasteiger partial charge in [0.15, 0.2) is 0 Å². The summed E-state index contributed by atoms with van der Waals surface area (Å²) in [4.78, 5) is 2.44. The van der Waals surface area contributed by atoms with Gasteiger partial charge in [0.1, 0.15) is 0 Å². The molecule has 0 saturated carbocycles. The highest BCUT2D eigenvalue weighted by Gasteiger charge is 2.37. The molecule has 252 valence electrons. The van der Waals surface area contributed by atoms with Crippen LogP contribution in [0.3, 0.4) is 0 Å². The molecule has 1 aliphatic carbocycles. The lowest BCUT2D eigenvalue weighted by atomic mass is 9.82. The van der Waals surface area contributed by atoms with E-state index in [0.717, 1.165) is 17.1 Å². The standard InChI is InChI=1S/C51H37NS/c1-51(2)45-22-9-6-20-43(45)50-42(21-13-23-46(50)51)40-18-7-10-24-47(40)52(38-29-26-35(27-30-38)34-14-4-3-5-15-34)39-17-12-16-36(32-39)37-28-31-49-44(33-37)41-19-8-11-25-48(41)53-49/h3-33H,1-2H3. The molecule has 0 fully saturated rings. The number of hydrogen-bond acceptors (Lipinski definition) is 2. The maximum absolute atomic E-state index is 2.44. The maximum atomic E-state index is 2.44. The zero-order valence-electron chi connectivity index (χ0n) is 29.8. The third-order valence-corrected chi connectivity index (χ3v) is 12.2. The Bertz CT molecular complexity index is 2810. The molecule has 0 saturated heterocycles. The van der Waals surface area contributed by atoms with Crippen molar-refractivity contribution in [3.63, 3.8) is 0 Å². The van der Waals surface area contributed by atoms with Gasteiger partial charge < -0.3 is 4.90 Å². The summed E-state index contributed by atoms with van der Waals surface area (Å²) >= 11 is 1.86. The summed E-state index contributed by atoms with van der Waals surface area (Å²) in [5, 5.41) is 2.63. The first-order valence-electron chi connectivity index (χ1n) is 18.3. The van der Waals surface area contributed by atoms with Crippen molar-refractivity contribution >= 4 is 48.6 Å². The highest BCUT2D eigenvalue weighted by Crippen LogP contribution is 2.54. The maximum Gasteiger partial charge on any atom is 0.0540 e. The first-order chi connectivity index (χ1) is 26.0. The number of nitrogens with zero attached hydrogens (tertiary/aromatic N) is 1. The average molecular weight is 696 g/mol. The molecule has 10 rings (SSSR count). The van der Waals surface area contributed by atoms with Gasteiger partial charge in [0, 0.05) is 42.5 Å². The van der Waals surface area contributed by atoms with Crippen molar-refractivity contribution in [1.82, 2.24) is 0 Å². The fourth-order valence-electron chi connectivity index (χ4n) is 8.47. The molecule has 1 aliphatic rings. The fraction of sp³-hybridized carbons (Fsp3) is 0.0588. The molecule has 0 atom stereocenters. The number of anilines is 3. The number of fused-ring (bicyclic) bond motifs is 6. The molecule has 0 spiro atoms. The van der Waals surface area contributed by atoms with E-state index in [-0.39, 0.29) is 5.41 Å². The van der Waals surface area contributed by atoms with E-state index in [1.54, 1.807) is 0 Å². The molecule has 0 bridgehead atoms. The van der Waals surface area contributed by atoms with Gasteiger partial charge in [-0.1, -0.05) is 153 Å². The van der Waals surface area contributed by atoms with E-state index in [1.807, 2.05) is 11.3 Å². The number of thiophene rings is 1. The quantitative estimate of drug-likeness (QED) is 0.167. The van der Waals surface area contributed by atoms with Crippen LogP contribution in [0.1, 0.15) is 25.0 Å². The molecule has 0 amide bonds. The molecule has 0 radical (unpaired) electrons. The van der Waals surface area contributed by atoms with E-state index >= 15 is 0 Å². The van der Waals surface area contributed by atoms with Crippen LogP contribution in [0, 0.1) is 0 Å². The molecule has 9 aromatic rings. The predicted molar refractivity (Wildman–Crippen MR) is 228 cm³/mol. The molecule has 8 aromatic carbocycles. The third kappa shape index (κ3) is 5.21. The summed E-state index contributed by atoms with van der Waals surface area (Å²) < 4.78 is 2.65. The Balaban J connectivity index is 1.16. The molecule has 53 heavy (non-hydrogen) atoms. The minimum atomic E-state index is -0.0763. The SMILES string of the molecule is CC1(C)c2ccccc2-c2c(-c3ccccc3N(c3ccc(-c4ccccc4)cc3)c3cccc(-c4ccc5sc6ccccc6c5c4)c3)cccc21. The summed E-state index contributed by atoms with van der Waals surface area (Å²) in [7, 11) is 0. The molecule has 2 heteroatoms. The molecule has 1 nitrogen and oxygen atoms in total. The normalized spacial score (nSPS) is 12.9. The van der Waals surface area contributed by atoms with Crippen LogP contribution in [-0.2, 0) is 5.41 Å². The first kappa shape index (κ1) is 31.5. The van der Waals surface area contributed by atoms with Crippen LogP contribution < -0.4 is 4.90 Å². The van der Waals surface area contributed by atoms with E-state index in [4.69, 9.17) is 0 Å². The van der Waals surface area contributed by atoms with Gasteiger partial charge >= 0.3 is 0 Å². The molecule has 0 unspecified atom stereocenters. The van der Waals surface area contributed by atoms with Crippen LogP contribution >= 0.6 is 11.3 Å². The van der Waals surface area contributed by atoms with Crippen molar-refractivity contribution < 1.29 is 0 Å². The van der Waals surface area contributed by atoms with Gasteiger partial charge in [0.25, 0.3) is 0 Å². The van der Waals surface area contributed by atoms with Crippen molar-refractivity contribution in [3.8, 4) is 44.5 Å². The van der Waals surface area contributed by atoms with Gasteiger partial charge in [0.2, 0.25) is 0 Å². The molecule has 1 aromatic heterocycles. The lowest BCUT2D eigenvalue weighted by Crippen LogP contribution is -2.14. The van der Waals surface area contributed by atoms with Crippen LogP contribution in [-0.4, -0.2) is 0 Å². The van der Waals surface area contributed by atoms with E-state index in [2.05, 4.69) is 207 Å². The number of rotatable bonds is 6. The number of para-hydroxylation sites is 1. The monoisotopic (exact) mass is 695 g/mol. The van der Waals surface area contributed by atoms with E-state index in [0.29, 0.717) is 0 Å². The molecule has 0 aliphatic heterocycles. The van der Waals surface area contributed by atoms with Crippen LogP contribution in [0.2, 0.25) is 0 Å². The molecule has 0 N–H and O–H groups in total. The highest BCUT2D eigenvalue weighted by molar-refractivity contribution is 7.25. The topological polar surface area (TPSA) is 3.24 Å². The molecular weight excluding hydrogens is 659 g/mol. The number of hydrogen-bond donors (Lipinski definition) is 0.